The van der Waals surface area contributed by atoms with Gasteiger partial charge in [0.2, 0.25) is 0 Å². The van der Waals surface area contributed by atoms with Crippen molar-refractivity contribution in [2.75, 3.05) is 6.61 Å². The maximum Gasteiger partial charge on any atom is 0.303 e. The van der Waals surface area contributed by atoms with Gasteiger partial charge in [0, 0.05) is 11.8 Å². The van der Waals surface area contributed by atoms with E-state index in [-0.39, 0.29) is 24.9 Å². The Morgan fingerprint density at radius 2 is 1.69 bits per heavy atom. The topological polar surface area (TPSA) is 87.0 Å². The monoisotopic (exact) mass is 482 g/mol. The van der Waals surface area contributed by atoms with E-state index >= 15 is 0 Å². The fraction of sp³-hybridized carbons (Fsp3) is 0.567. The Balaban J connectivity index is 1.76. The van der Waals surface area contributed by atoms with Gasteiger partial charge in [-0.3, -0.25) is 4.79 Å². The number of hydrogen-bond donors (Lipinski definition) is 3. The maximum atomic E-state index is 10.7. The minimum Gasteiger partial charge on any atom is -0.491 e. The molecule has 5 heteroatoms. The van der Waals surface area contributed by atoms with Crippen LogP contribution in [0.1, 0.15) is 93.0 Å². The molecule has 2 aromatic rings. The van der Waals surface area contributed by atoms with Gasteiger partial charge in [0.1, 0.15) is 12.4 Å². The van der Waals surface area contributed by atoms with Crippen LogP contribution in [0.15, 0.2) is 36.4 Å². The predicted octanol–water partition coefficient (Wildman–Crippen LogP) is 5.86. The molecule has 35 heavy (non-hydrogen) atoms. The smallest absolute Gasteiger partial charge is 0.303 e. The molecule has 0 saturated heterocycles. The molecule has 0 amide bonds. The summed E-state index contributed by atoms with van der Waals surface area (Å²) in [6, 6.07) is 13.1. The van der Waals surface area contributed by atoms with Gasteiger partial charge in [-0.1, -0.05) is 44.2 Å². The fourth-order valence-corrected chi connectivity index (χ4v) is 5.38. The van der Waals surface area contributed by atoms with Crippen molar-refractivity contribution < 1.29 is 24.9 Å². The van der Waals surface area contributed by atoms with Crippen LogP contribution in [0.2, 0.25) is 0 Å². The zero-order valence-corrected chi connectivity index (χ0v) is 21.8. The molecule has 5 nitrogen and oxygen atoms in total. The van der Waals surface area contributed by atoms with Crippen LogP contribution < -0.4 is 4.74 Å². The van der Waals surface area contributed by atoms with Crippen molar-refractivity contribution in [2.24, 2.45) is 0 Å². The van der Waals surface area contributed by atoms with Crippen molar-refractivity contribution in [3.63, 3.8) is 0 Å². The van der Waals surface area contributed by atoms with Gasteiger partial charge in [0.15, 0.2) is 0 Å². The summed E-state index contributed by atoms with van der Waals surface area (Å²) in [7, 11) is 0. The molecular weight excluding hydrogens is 440 g/mol. The molecule has 1 aliphatic carbocycles. The molecule has 2 aromatic carbocycles. The SMILES string of the molecule is CCC(CC)(c1ccc(CCC2(O)CCC2)c(C)c1)c1ccc(OCC(O)CCC(=O)O)c(C)c1. The molecule has 192 valence electrons. The van der Waals surface area contributed by atoms with E-state index in [1.54, 1.807) is 0 Å². The Morgan fingerprint density at radius 3 is 2.20 bits per heavy atom. The minimum absolute atomic E-state index is 0.0724. The molecule has 1 fully saturated rings. The van der Waals surface area contributed by atoms with Gasteiger partial charge in [-0.25, -0.2) is 0 Å². The highest BCUT2D eigenvalue weighted by atomic mass is 16.5. The van der Waals surface area contributed by atoms with E-state index in [1.807, 2.05) is 13.0 Å². The van der Waals surface area contributed by atoms with Gasteiger partial charge in [0.05, 0.1) is 11.7 Å². The van der Waals surface area contributed by atoms with E-state index in [0.29, 0.717) is 5.75 Å². The summed E-state index contributed by atoms with van der Waals surface area (Å²) in [6.07, 6.45) is 5.99. The van der Waals surface area contributed by atoms with E-state index in [1.165, 1.54) is 22.3 Å². The lowest BCUT2D eigenvalue weighted by Gasteiger charge is -2.37. The van der Waals surface area contributed by atoms with Gasteiger partial charge in [-0.2, -0.15) is 0 Å². The Labute approximate surface area is 210 Å². The second-order valence-corrected chi connectivity index (χ2v) is 10.4. The molecule has 0 aliphatic heterocycles. The lowest BCUT2D eigenvalue weighted by atomic mass is 9.69. The molecule has 3 N–H and O–H groups in total. The zero-order chi connectivity index (χ0) is 25.6. The largest absolute Gasteiger partial charge is 0.491 e. The van der Waals surface area contributed by atoms with Crippen LogP contribution >= 0.6 is 0 Å². The molecule has 1 saturated carbocycles. The first-order valence-electron chi connectivity index (χ1n) is 13.1. The summed E-state index contributed by atoms with van der Waals surface area (Å²) in [4.78, 5) is 10.7. The highest BCUT2D eigenvalue weighted by Gasteiger charge is 2.34. The number of ether oxygens (including phenoxy) is 1. The second kappa shape index (κ2) is 11.6. The summed E-state index contributed by atoms with van der Waals surface area (Å²) in [5.41, 5.74) is 5.59. The van der Waals surface area contributed by atoms with Gasteiger partial charge >= 0.3 is 5.97 Å². The normalized spacial score (nSPS) is 15.9. The molecule has 1 atom stereocenters. The quantitative estimate of drug-likeness (QED) is 0.333. The Kier molecular flexibility index (Phi) is 9.00. The highest BCUT2D eigenvalue weighted by Crippen LogP contribution is 2.41. The summed E-state index contributed by atoms with van der Waals surface area (Å²) < 4.78 is 5.81. The minimum atomic E-state index is -0.918. The number of carbonyl (C=O) groups is 1. The van der Waals surface area contributed by atoms with Crippen LogP contribution in [0.3, 0.4) is 0 Å². The van der Waals surface area contributed by atoms with Gasteiger partial charge < -0.3 is 20.1 Å². The van der Waals surface area contributed by atoms with Gasteiger partial charge in [-0.05, 0) is 99.1 Å². The van der Waals surface area contributed by atoms with Crippen molar-refractivity contribution in [2.45, 2.75) is 103 Å². The van der Waals surface area contributed by atoms with E-state index in [9.17, 15) is 15.0 Å². The molecule has 0 bridgehead atoms. The number of carboxylic acids is 1. The molecule has 3 rings (SSSR count). The summed E-state index contributed by atoms with van der Waals surface area (Å²) in [5, 5.41) is 29.3. The summed E-state index contributed by atoms with van der Waals surface area (Å²) >= 11 is 0. The lowest BCUT2D eigenvalue weighted by Crippen LogP contribution is -2.37. The first-order chi connectivity index (χ1) is 16.6. The molecular formula is C30H42O5. The second-order valence-electron chi connectivity index (χ2n) is 10.4. The zero-order valence-electron chi connectivity index (χ0n) is 21.8. The number of aryl methyl sites for hydroxylation is 3. The average molecular weight is 483 g/mol. The average Bonchev–Trinajstić information content (AvgIpc) is 2.81. The maximum absolute atomic E-state index is 10.7. The number of benzene rings is 2. The van der Waals surface area contributed by atoms with Crippen molar-refractivity contribution in [3.05, 3.63) is 64.2 Å². The van der Waals surface area contributed by atoms with Gasteiger partial charge in [-0.15, -0.1) is 0 Å². The molecule has 0 aromatic heterocycles. The predicted molar refractivity (Wildman–Crippen MR) is 139 cm³/mol. The number of rotatable bonds is 13. The number of aliphatic hydroxyl groups is 2. The van der Waals surface area contributed by atoms with Crippen LogP contribution in [0.4, 0.5) is 0 Å². The Bertz CT molecular complexity index is 1000. The van der Waals surface area contributed by atoms with Crippen molar-refractivity contribution in [1.29, 1.82) is 0 Å². The molecule has 1 aliphatic rings. The lowest BCUT2D eigenvalue weighted by molar-refractivity contribution is -0.137. The Hall–Kier alpha value is -2.37. The number of hydrogen-bond acceptors (Lipinski definition) is 4. The van der Waals surface area contributed by atoms with E-state index in [2.05, 4.69) is 51.1 Å². The fourth-order valence-electron chi connectivity index (χ4n) is 5.38. The first-order valence-corrected chi connectivity index (χ1v) is 13.1. The van der Waals surface area contributed by atoms with Crippen LogP contribution in [0.25, 0.3) is 0 Å². The van der Waals surface area contributed by atoms with Crippen molar-refractivity contribution in [3.8, 4) is 5.75 Å². The first kappa shape index (κ1) is 27.2. The van der Waals surface area contributed by atoms with Gasteiger partial charge in [0.25, 0.3) is 0 Å². The van der Waals surface area contributed by atoms with Crippen LogP contribution in [0.5, 0.6) is 5.75 Å². The molecule has 0 radical (unpaired) electrons. The third kappa shape index (κ3) is 6.45. The van der Waals surface area contributed by atoms with Crippen LogP contribution in [-0.4, -0.2) is 39.6 Å². The number of carboxylic acid groups (broad SMARTS) is 1. The van der Waals surface area contributed by atoms with E-state index in [0.717, 1.165) is 50.5 Å². The summed E-state index contributed by atoms with van der Waals surface area (Å²) in [6.45, 7) is 8.74. The van der Waals surface area contributed by atoms with Crippen molar-refractivity contribution >= 4 is 5.97 Å². The van der Waals surface area contributed by atoms with Crippen LogP contribution in [-0.2, 0) is 16.6 Å². The molecule has 0 heterocycles. The standard InChI is InChI=1S/C30H42O5/c1-5-30(6-2,24-9-8-23(21(3)18-24)14-17-29(34)15-7-16-29)25-10-12-27(22(4)19-25)35-20-26(31)11-13-28(32)33/h8-10,12,18-19,26,31,34H,5-7,11,13-17,20H2,1-4H3,(H,32,33). The number of aliphatic hydroxyl groups excluding tert-OH is 1. The summed E-state index contributed by atoms with van der Waals surface area (Å²) in [5.74, 6) is -0.205. The van der Waals surface area contributed by atoms with E-state index < -0.39 is 17.7 Å². The van der Waals surface area contributed by atoms with Crippen LogP contribution in [0, 0.1) is 13.8 Å². The number of aliphatic carboxylic acids is 1. The highest BCUT2D eigenvalue weighted by molar-refractivity contribution is 5.66. The molecule has 1 unspecified atom stereocenters. The molecule has 0 spiro atoms. The Morgan fingerprint density at radius 1 is 1.06 bits per heavy atom. The third-order valence-corrected chi connectivity index (χ3v) is 8.10. The third-order valence-electron chi connectivity index (χ3n) is 8.10. The van der Waals surface area contributed by atoms with Crippen molar-refractivity contribution in [1.82, 2.24) is 0 Å². The van der Waals surface area contributed by atoms with E-state index in [4.69, 9.17) is 9.84 Å².